The van der Waals surface area contributed by atoms with Crippen LogP contribution >= 0.6 is 24.0 Å². The second-order valence-electron chi connectivity index (χ2n) is 1.01. The molecule has 0 aromatic heterocycles. The van der Waals surface area contributed by atoms with Crippen LogP contribution in [0.15, 0.2) is 0 Å². The zero-order valence-corrected chi connectivity index (χ0v) is 8.64. The van der Waals surface area contributed by atoms with Gasteiger partial charge in [0.25, 0.3) is 0 Å². The molecule has 7 heavy (non-hydrogen) atoms. The molecule has 0 unspecified atom stereocenters. The molecule has 0 rings (SSSR count). The third kappa shape index (κ3) is 11.2. The van der Waals surface area contributed by atoms with E-state index in [1.165, 1.54) is 35.5 Å². The molecule has 0 nitrogen and oxygen atoms in total. The van der Waals surface area contributed by atoms with E-state index in [0.717, 1.165) is 0 Å². The molecule has 0 heterocycles. The molecular formula is C5H13AgI. The Labute approximate surface area is 72.8 Å². The van der Waals surface area contributed by atoms with Crippen LogP contribution in [0.4, 0.5) is 0 Å². The summed E-state index contributed by atoms with van der Waals surface area (Å²) in [5, 5.41) is 0. The minimum absolute atomic E-state index is 0. The molecule has 2 heteroatoms. The molecule has 0 radical (unpaired) electrons. The molecule has 0 atom stereocenters. The van der Waals surface area contributed by atoms with Crippen molar-refractivity contribution >= 4 is 24.0 Å². The van der Waals surface area contributed by atoms with Gasteiger partial charge in [0.1, 0.15) is 0 Å². The fourth-order valence-electron chi connectivity index (χ4n) is 0.213. The van der Waals surface area contributed by atoms with Crippen LogP contribution in [0.2, 0.25) is 9.28 Å². The maximum absolute atomic E-state index is 2.25. The smallest absolute Gasteiger partial charge is 0.107 e. The molecule has 0 aromatic rings. The standard InChI is InChI=1S/C3H7.C2H5.Ag.HI/c1-3-2;1-2;;/h1,3H2,2H3;1H2,2H3;;1H. The van der Waals surface area contributed by atoms with Crippen molar-refractivity contribution in [3.05, 3.63) is 0 Å². The Morgan fingerprint density at radius 3 is 2.00 bits per heavy atom. The number of halogens is 1. The first-order valence-electron chi connectivity index (χ1n) is 2.34. The maximum Gasteiger partial charge on any atom is -0.107 e. The molecule has 51 valence electrons. The van der Waals surface area contributed by atoms with Crippen LogP contribution < -0.4 is 0 Å². The predicted octanol–water partition coefficient (Wildman–Crippen LogP) is 2.95. The Morgan fingerprint density at radius 1 is 1.29 bits per heavy atom. The van der Waals surface area contributed by atoms with Gasteiger partial charge in [0.15, 0.2) is 0 Å². The van der Waals surface area contributed by atoms with Gasteiger partial charge in [-0.2, -0.15) is 0 Å². The van der Waals surface area contributed by atoms with Crippen molar-refractivity contribution in [1.82, 2.24) is 0 Å². The van der Waals surface area contributed by atoms with Crippen LogP contribution in [0.1, 0.15) is 20.3 Å². The summed E-state index contributed by atoms with van der Waals surface area (Å²) in [4.78, 5) is 0. The third-order valence-corrected chi connectivity index (χ3v) is 2.41. The summed E-state index contributed by atoms with van der Waals surface area (Å²) in [5.41, 5.74) is 0. The van der Waals surface area contributed by atoms with Crippen LogP contribution in [0.25, 0.3) is 0 Å². The average Bonchev–Trinajstić information content (AvgIpc) is 1.61. The van der Waals surface area contributed by atoms with E-state index < -0.39 is 0 Å². The Bertz CT molecular complexity index is 20.0. The molecule has 0 N–H and O–H groups in total. The fourth-order valence-corrected chi connectivity index (χ4v) is 1.26. The zero-order valence-electron chi connectivity index (χ0n) is 4.83. The number of hydrogen-bond donors (Lipinski definition) is 0. The molecule has 0 aliphatic carbocycles. The van der Waals surface area contributed by atoms with Crippen LogP contribution in [0, 0.1) is 0 Å². The van der Waals surface area contributed by atoms with Crippen molar-refractivity contribution in [2.24, 2.45) is 0 Å². The molecule has 0 saturated heterocycles. The van der Waals surface area contributed by atoms with Gasteiger partial charge in [-0.15, -0.1) is 24.0 Å². The maximum atomic E-state index is 2.25. The van der Waals surface area contributed by atoms with Gasteiger partial charge in [-0.25, -0.2) is 0 Å². The van der Waals surface area contributed by atoms with Crippen molar-refractivity contribution in [2.45, 2.75) is 29.5 Å². The summed E-state index contributed by atoms with van der Waals surface area (Å²) in [5.74, 6) is 0. The van der Waals surface area contributed by atoms with Crippen LogP contribution in [-0.4, -0.2) is 0 Å². The largest absolute Gasteiger partial charge is 0.107 e. The van der Waals surface area contributed by atoms with E-state index in [-0.39, 0.29) is 24.0 Å². The first-order valence-corrected chi connectivity index (χ1v) is 4.44. The van der Waals surface area contributed by atoms with E-state index in [1.54, 1.807) is 0 Å². The van der Waals surface area contributed by atoms with Gasteiger partial charge < -0.3 is 0 Å². The number of rotatable bonds is 3. The van der Waals surface area contributed by atoms with Gasteiger partial charge in [-0.3, -0.25) is 0 Å². The number of hydrogen-bond acceptors (Lipinski definition) is 0. The molecule has 0 fully saturated rings. The summed E-state index contributed by atoms with van der Waals surface area (Å²) in [6.45, 7) is 4.48. The predicted molar refractivity (Wildman–Crippen MR) is 41.0 cm³/mol. The second kappa shape index (κ2) is 10.5. The molecule has 0 amide bonds. The van der Waals surface area contributed by atoms with E-state index >= 15 is 0 Å². The summed E-state index contributed by atoms with van der Waals surface area (Å²) in [6, 6.07) is 0. The Hall–Kier alpha value is 1.47. The van der Waals surface area contributed by atoms with Crippen LogP contribution in [0.3, 0.4) is 0 Å². The topological polar surface area (TPSA) is 0 Å². The molecule has 0 spiro atoms. The summed E-state index contributed by atoms with van der Waals surface area (Å²) >= 11 is 1.20. The Kier molecular flexibility index (Phi) is 16.9. The molecule has 0 bridgehead atoms. The molecule has 0 aromatic carbocycles. The summed E-state index contributed by atoms with van der Waals surface area (Å²) < 4.78 is 2.83. The van der Waals surface area contributed by atoms with Crippen LogP contribution in [-0.2, 0) is 19.8 Å². The minimum atomic E-state index is 0. The Morgan fingerprint density at radius 2 is 1.86 bits per heavy atom. The first kappa shape index (κ1) is 11.3. The van der Waals surface area contributed by atoms with Gasteiger partial charge in [0, 0.05) is 0 Å². The normalized spacial score (nSPS) is 8.29. The van der Waals surface area contributed by atoms with Crippen molar-refractivity contribution in [3.63, 3.8) is 0 Å². The van der Waals surface area contributed by atoms with Crippen molar-refractivity contribution in [2.75, 3.05) is 0 Å². The minimum Gasteiger partial charge on any atom is -0.107 e. The molecule has 0 saturated carbocycles. The van der Waals surface area contributed by atoms with E-state index in [0.29, 0.717) is 0 Å². The summed E-state index contributed by atoms with van der Waals surface area (Å²) in [6.07, 6.45) is 1.37. The first-order chi connectivity index (χ1) is 2.91. The van der Waals surface area contributed by atoms with E-state index in [2.05, 4.69) is 13.8 Å². The molecule has 0 aliphatic heterocycles. The second-order valence-corrected chi connectivity index (χ2v) is 3.55. The van der Waals surface area contributed by atoms with E-state index in [9.17, 15) is 0 Å². The van der Waals surface area contributed by atoms with E-state index in [4.69, 9.17) is 0 Å². The fraction of sp³-hybridized carbons (Fsp3) is 1.00. The zero-order chi connectivity index (χ0) is 4.83. The molecular weight excluding hydrogens is 295 g/mol. The van der Waals surface area contributed by atoms with E-state index in [1.807, 2.05) is 0 Å². The van der Waals surface area contributed by atoms with Gasteiger partial charge in [0.2, 0.25) is 0 Å². The average molecular weight is 308 g/mol. The van der Waals surface area contributed by atoms with Crippen molar-refractivity contribution in [3.8, 4) is 0 Å². The molecule has 0 aliphatic rings. The Balaban J connectivity index is 0. The van der Waals surface area contributed by atoms with Gasteiger partial charge in [0.05, 0.1) is 0 Å². The van der Waals surface area contributed by atoms with Gasteiger partial charge in [-0.1, -0.05) is 0 Å². The SMILES string of the molecule is CC[CH2][Ag][CH2]C.I. The van der Waals surface area contributed by atoms with Crippen molar-refractivity contribution in [1.29, 1.82) is 0 Å². The quantitative estimate of drug-likeness (QED) is 0.427. The van der Waals surface area contributed by atoms with Gasteiger partial charge >= 0.3 is 49.3 Å². The van der Waals surface area contributed by atoms with Crippen molar-refractivity contribution < 1.29 is 19.8 Å². The summed E-state index contributed by atoms with van der Waals surface area (Å²) in [7, 11) is 0. The third-order valence-electron chi connectivity index (χ3n) is 0.408. The monoisotopic (exact) mass is 307 g/mol. The van der Waals surface area contributed by atoms with Crippen LogP contribution in [0.5, 0.6) is 0 Å². The van der Waals surface area contributed by atoms with Gasteiger partial charge in [-0.05, 0) is 0 Å².